The van der Waals surface area contributed by atoms with Gasteiger partial charge in [0, 0.05) is 12.0 Å². The van der Waals surface area contributed by atoms with Gasteiger partial charge in [-0.2, -0.15) is 0 Å². The lowest BCUT2D eigenvalue weighted by Gasteiger charge is -2.36. The van der Waals surface area contributed by atoms with Crippen molar-refractivity contribution in [1.29, 1.82) is 0 Å². The molecule has 1 saturated heterocycles. The fourth-order valence-electron chi connectivity index (χ4n) is 4.05. The number of rotatable bonds is 6. The van der Waals surface area contributed by atoms with Gasteiger partial charge < -0.3 is 14.3 Å². The highest BCUT2D eigenvalue weighted by molar-refractivity contribution is 5.76. The largest absolute Gasteiger partial charge is 0.445 e. The number of fused-ring (bicyclic) bond motifs is 1. The standard InChI is InChI=1S/C22H23NO4/c24-13-20-21(26-14-16-7-3-1-4-8-16)18-11-12-19(18)23(20)22(25)27-15-17-9-5-2-6-10-17/h1-10,13,18-21H,11-12,14-15H2/t18-,19+,20?,21?/m0/s1. The zero-order chi connectivity index (χ0) is 18.6. The number of nitrogens with zero attached hydrogens (tertiary/aromatic N) is 1. The number of likely N-dealkylation sites (tertiary alicyclic amines) is 1. The second-order valence-electron chi connectivity index (χ2n) is 7.14. The van der Waals surface area contributed by atoms with Gasteiger partial charge in [-0.05, 0) is 24.0 Å². The van der Waals surface area contributed by atoms with Gasteiger partial charge in [0.25, 0.3) is 0 Å². The van der Waals surface area contributed by atoms with Gasteiger partial charge in [0.1, 0.15) is 18.9 Å². The van der Waals surface area contributed by atoms with Crippen molar-refractivity contribution in [1.82, 2.24) is 4.90 Å². The van der Waals surface area contributed by atoms with E-state index in [1.54, 1.807) is 4.90 Å². The van der Waals surface area contributed by atoms with Gasteiger partial charge in [0.05, 0.1) is 12.7 Å². The molecule has 2 aromatic rings. The van der Waals surface area contributed by atoms with E-state index in [0.29, 0.717) is 6.61 Å². The maximum absolute atomic E-state index is 12.7. The molecule has 0 bridgehead atoms. The van der Waals surface area contributed by atoms with Gasteiger partial charge in [0.2, 0.25) is 0 Å². The van der Waals surface area contributed by atoms with Crippen molar-refractivity contribution < 1.29 is 19.1 Å². The summed E-state index contributed by atoms with van der Waals surface area (Å²) in [5, 5.41) is 0. The first kappa shape index (κ1) is 17.7. The summed E-state index contributed by atoms with van der Waals surface area (Å²) in [5.74, 6) is 0.202. The molecule has 2 aromatic carbocycles. The van der Waals surface area contributed by atoms with Gasteiger partial charge in [-0.15, -0.1) is 0 Å². The Morgan fingerprint density at radius 2 is 1.59 bits per heavy atom. The fraction of sp³-hybridized carbons (Fsp3) is 0.364. The molecular weight excluding hydrogens is 342 g/mol. The summed E-state index contributed by atoms with van der Waals surface area (Å²) < 4.78 is 11.6. The van der Waals surface area contributed by atoms with Crippen molar-refractivity contribution >= 4 is 12.4 Å². The van der Waals surface area contributed by atoms with E-state index in [1.807, 2.05) is 60.7 Å². The van der Waals surface area contributed by atoms with Crippen LogP contribution >= 0.6 is 0 Å². The summed E-state index contributed by atoms with van der Waals surface area (Å²) in [6.45, 7) is 0.640. The molecule has 5 heteroatoms. The Morgan fingerprint density at radius 1 is 0.963 bits per heavy atom. The van der Waals surface area contributed by atoms with Gasteiger partial charge in [-0.1, -0.05) is 60.7 Å². The highest BCUT2D eigenvalue weighted by Crippen LogP contribution is 2.45. The molecule has 4 atom stereocenters. The minimum absolute atomic E-state index is 0.0317. The molecule has 1 aliphatic carbocycles. The molecule has 0 radical (unpaired) electrons. The molecule has 5 nitrogen and oxygen atoms in total. The molecule has 1 aliphatic heterocycles. The Balaban J connectivity index is 1.42. The number of carbonyl (C=O) groups is 2. The number of benzene rings is 2. The summed E-state index contributed by atoms with van der Waals surface area (Å²) in [4.78, 5) is 26.1. The highest BCUT2D eigenvalue weighted by atomic mass is 16.6. The lowest BCUT2D eigenvalue weighted by Crippen LogP contribution is -2.46. The second-order valence-corrected chi connectivity index (χ2v) is 7.14. The molecule has 1 amide bonds. The van der Waals surface area contributed by atoms with Crippen LogP contribution in [0.5, 0.6) is 0 Å². The van der Waals surface area contributed by atoms with Crippen molar-refractivity contribution in [2.75, 3.05) is 0 Å². The summed E-state index contributed by atoms with van der Waals surface area (Å²) in [6.07, 6.45) is 1.98. The first-order chi connectivity index (χ1) is 13.3. The Kier molecular flexibility index (Phi) is 5.21. The van der Waals surface area contributed by atoms with E-state index in [-0.39, 0.29) is 24.7 Å². The van der Waals surface area contributed by atoms with E-state index in [9.17, 15) is 9.59 Å². The third-order valence-electron chi connectivity index (χ3n) is 5.57. The first-order valence-corrected chi connectivity index (χ1v) is 9.38. The fourth-order valence-corrected chi connectivity index (χ4v) is 4.05. The highest BCUT2D eigenvalue weighted by Gasteiger charge is 2.56. The summed E-state index contributed by atoms with van der Waals surface area (Å²) in [5.41, 5.74) is 1.98. The van der Waals surface area contributed by atoms with Crippen molar-refractivity contribution in [2.45, 2.75) is 44.2 Å². The van der Waals surface area contributed by atoms with Crippen LogP contribution in [-0.4, -0.2) is 35.5 Å². The number of aldehydes is 1. The summed E-state index contributed by atoms with van der Waals surface area (Å²) in [7, 11) is 0. The number of amides is 1. The lowest BCUT2D eigenvalue weighted by molar-refractivity contribution is -0.115. The predicted molar refractivity (Wildman–Crippen MR) is 99.8 cm³/mol. The minimum atomic E-state index is -0.588. The quantitative estimate of drug-likeness (QED) is 0.735. The normalized spacial score (nSPS) is 26.1. The van der Waals surface area contributed by atoms with Gasteiger partial charge >= 0.3 is 6.09 Å². The Bertz CT molecular complexity index is 779. The van der Waals surface area contributed by atoms with E-state index in [0.717, 1.165) is 30.3 Å². The maximum atomic E-state index is 12.7. The summed E-state index contributed by atoms with van der Waals surface area (Å²) in [6, 6.07) is 18.9. The molecule has 1 heterocycles. The Morgan fingerprint density at radius 3 is 2.15 bits per heavy atom. The van der Waals surface area contributed by atoms with Crippen LogP contribution in [0.2, 0.25) is 0 Å². The third kappa shape index (κ3) is 3.60. The van der Waals surface area contributed by atoms with Crippen LogP contribution in [-0.2, 0) is 27.5 Å². The molecule has 2 aliphatic rings. The molecule has 27 heavy (non-hydrogen) atoms. The second kappa shape index (κ2) is 7.92. The van der Waals surface area contributed by atoms with E-state index >= 15 is 0 Å². The van der Waals surface area contributed by atoms with Crippen LogP contribution < -0.4 is 0 Å². The topological polar surface area (TPSA) is 55.8 Å². The molecule has 140 valence electrons. The molecule has 0 aromatic heterocycles. The minimum Gasteiger partial charge on any atom is -0.445 e. The predicted octanol–water partition coefficient (Wildman–Crippen LogP) is 3.57. The van der Waals surface area contributed by atoms with Crippen LogP contribution in [0.1, 0.15) is 24.0 Å². The average Bonchev–Trinajstić information content (AvgIpc) is 2.91. The lowest BCUT2D eigenvalue weighted by atomic mass is 9.78. The van der Waals surface area contributed by atoms with Crippen LogP contribution in [0.3, 0.4) is 0 Å². The SMILES string of the molecule is O=CC1C(OCc2ccccc2)[C@H]2CC[C@H]2N1C(=O)OCc1ccccc1. The van der Waals surface area contributed by atoms with Crippen molar-refractivity contribution in [3.63, 3.8) is 0 Å². The van der Waals surface area contributed by atoms with Gasteiger partial charge in [0.15, 0.2) is 0 Å². The number of ether oxygens (including phenoxy) is 2. The number of hydrogen-bond donors (Lipinski definition) is 0. The van der Waals surface area contributed by atoms with E-state index in [2.05, 4.69) is 0 Å². The molecule has 2 unspecified atom stereocenters. The van der Waals surface area contributed by atoms with Crippen molar-refractivity contribution in [3.05, 3.63) is 71.8 Å². The molecule has 4 rings (SSSR count). The molecule has 0 N–H and O–H groups in total. The molecule has 0 spiro atoms. The van der Waals surface area contributed by atoms with Crippen molar-refractivity contribution in [2.24, 2.45) is 5.92 Å². The van der Waals surface area contributed by atoms with E-state index < -0.39 is 12.1 Å². The van der Waals surface area contributed by atoms with Gasteiger partial charge in [-0.3, -0.25) is 4.90 Å². The van der Waals surface area contributed by atoms with Crippen LogP contribution in [0.4, 0.5) is 4.79 Å². The smallest absolute Gasteiger partial charge is 0.411 e. The average molecular weight is 365 g/mol. The molecule has 2 fully saturated rings. The van der Waals surface area contributed by atoms with E-state index in [1.165, 1.54) is 0 Å². The van der Waals surface area contributed by atoms with Crippen LogP contribution in [0.25, 0.3) is 0 Å². The number of hydrogen-bond acceptors (Lipinski definition) is 4. The van der Waals surface area contributed by atoms with Crippen molar-refractivity contribution in [3.8, 4) is 0 Å². The van der Waals surface area contributed by atoms with Crippen LogP contribution in [0, 0.1) is 5.92 Å². The molecule has 1 saturated carbocycles. The van der Waals surface area contributed by atoms with Crippen LogP contribution in [0.15, 0.2) is 60.7 Å². The zero-order valence-electron chi connectivity index (χ0n) is 15.1. The first-order valence-electron chi connectivity index (χ1n) is 9.38. The summed E-state index contributed by atoms with van der Waals surface area (Å²) >= 11 is 0. The maximum Gasteiger partial charge on any atom is 0.411 e. The van der Waals surface area contributed by atoms with Gasteiger partial charge in [-0.25, -0.2) is 4.79 Å². The van der Waals surface area contributed by atoms with E-state index in [4.69, 9.17) is 9.47 Å². The monoisotopic (exact) mass is 365 g/mol. The number of carbonyl (C=O) groups excluding carboxylic acids is 2. The third-order valence-corrected chi connectivity index (χ3v) is 5.57. The zero-order valence-corrected chi connectivity index (χ0v) is 15.1. The molecular formula is C22H23NO4. The Hall–Kier alpha value is -2.66. The Labute approximate surface area is 158 Å².